The first-order valence-electron chi connectivity index (χ1n) is 4.52. The zero-order valence-corrected chi connectivity index (χ0v) is 9.35. The van der Waals surface area contributed by atoms with E-state index in [-0.39, 0.29) is 5.92 Å². The van der Waals surface area contributed by atoms with Crippen LogP contribution in [0.4, 0.5) is 0 Å². The lowest BCUT2D eigenvalue weighted by Gasteiger charge is -2.13. The summed E-state index contributed by atoms with van der Waals surface area (Å²) in [7, 11) is 0. The second-order valence-electron chi connectivity index (χ2n) is 3.25. The molecule has 1 aromatic rings. The Morgan fingerprint density at radius 3 is 2.36 bits per heavy atom. The summed E-state index contributed by atoms with van der Waals surface area (Å²) < 4.78 is 0. The lowest BCUT2D eigenvalue weighted by Crippen LogP contribution is -2.25. The van der Waals surface area contributed by atoms with Crippen molar-refractivity contribution in [3.63, 3.8) is 0 Å². The van der Waals surface area contributed by atoms with Gasteiger partial charge in [-0.1, -0.05) is 35.3 Å². The van der Waals surface area contributed by atoms with Crippen LogP contribution in [0.25, 0.3) is 0 Å². The van der Waals surface area contributed by atoms with E-state index in [4.69, 9.17) is 34.7 Å². The fourth-order valence-electron chi connectivity index (χ4n) is 1.28. The lowest BCUT2D eigenvalue weighted by molar-refractivity contribution is 0.548. The van der Waals surface area contributed by atoms with Gasteiger partial charge in [-0.15, -0.1) is 0 Å². The van der Waals surface area contributed by atoms with Crippen molar-refractivity contribution in [1.29, 1.82) is 0 Å². The number of nitrogens with two attached hydrogens (primary N) is 2. The Hall–Kier alpha value is -0.280. The Kier molecular flexibility index (Phi) is 4.69. The van der Waals surface area contributed by atoms with E-state index >= 15 is 0 Å². The third kappa shape index (κ3) is 2.85. The van der Waals surface area contributed by atoms with E-state index < -0.39 is 0 Å². The van der Waals surface area contributed by atoms with Crippen LogP contribution in [0, 0.1) is 5.92 Å². The van der Waals surface area contributed by atoms with Crippen molar-refractivity contribution < 1.29 is 0 Å². The van der Waals surface area contributed by atoms with Gasteiger partial charge in [-0.2, -0.15) is 0 Å². The summed E-state index contributed by atoms with van der Waals surface area (Å²) in [4.78, 5) is 0. The van der Waals surface area contributed by atoms with Crippen LogP contribution >= 0.6 is 23.2 Å². The van der Waals surface area contributed by atoms with E-state index in [2.05, 4.69) is 0 Å². The minimum absolute atomic E-state index is 0.269. The maximum absolute atomic E-state index is 6.04. The van der Waals surface area contributed by atoms with Gasteiger partial charge in [0.1, 0.15) is 0 Å². The van der Waals surface area contributed by atoms with Gasteiger partial charge < -0.3 is 11.5 Å². The van der Waals surface area contributed by atoms with E-state index in [9.17, 15) is 0 Å². The lowest BCUT2D eigenvalue weighted by atomic mass is 10.00. The molecule has 0 fully saturated rings. The molecular formula is C10H14Cl2N2. The van der Waals surface area contributed by atoms with Gasteiger partial charge in [0.05, 0.1) is 10.0 Å². The van der Waals surface area contributed by atoms with Gasteiger partial charge in [0, 0.05) is 0 Å². The molecular weight excluding hydrogens is 219 g/mol. The van der Waals surface area contributed by atoms with E-state index in [1.165, 1.54) is 0 Å². The molecule has 0 bridgehead atoms. The summed E-state index contributed by atoms with van der Waals surface area (Å²) in [6, 6.07) is 5.60. The maximum atomic E-state index is 6.04. The van der Waals surface area contributed by atoms with Crippen molar-refractivity contribution in [3.8, 4) is 0 Å². The number of rotatable bonds is 4. The van der Waals surface area contributed by atoms with Crippen molar-refractivity contribution in [3.05, 3.63) is 33.8 Å². The Labute approximate surface area is 94.2 Å². The number of halogens is 2. The molecule has 0 aromatic heterocycles. The predicted molar refractivity (Wildman–Crippen MR) is 61.8 cm³/mol. The molecule has 1 rings (SSSR count). The first-order chi connectivity index (χ1) is 6.69. The van der Waals surface area contributed by atoms with E-state index in [0.717, 1.165) is 12.0 Å². The van der Waals surface area contributed by atoms with Gasteiger partial charge in [-0.3, -0.25) is 0 Å². The minimum Gasteiger partial charge on any atom is -0.330 e. The molecule has 1 aromatic carbocycles. The molecule has 2 nitrogen and oxygen atoms in total. The third-order valence-corrected chi connectivity index (χ3v) is 3.06. The molecule has 4 N–H and O–H groups in total. The van der Waals surface area contributed by atoms with Gasteiger partial charge in [0.2, 0.25) is 0 Å². The normalized spacial score (nSPS) is 10.9. The standard InChI is InChI=1S/C10H14Cl2N2/c11-9-3-1-2-8(10(9)12)4-7(5-13)6-14/h1-3,7H,4-6,13-14H2. The summed E-state index contributed by atoms with van der Waals surface area (Å²) in [6.07, 6.45) is 0.784. The molecule has 78 valence electrons. The largest absolute Gasteiger partial charge is 0.330 e. The molecule has 0 amide bonds. The predicted octanol–water partition coefficient (Wildman–Crippen LogP) is 2.07. The Morgan fingerprint density at radius 1 is 1.14 bits per heavy atom. The second kappa shape index (κ2) is 5.56. The minimum atomic E-state index is 0.269. The molecule has 0 aliphatic rings. The number of hydrogen-bond acceptors (Lipinski definition) is 2. The van der Waals surface area contributed by atoms with Crippen LogP contribution in [0.1, 0.15) is 5.56 Å². The van der Waals surface area contributed by atoms with E-state index in [1.54, 1.807) is 6.07 Å². The molecule has 0 atom stereocenters. The van der Waals surface area contributed by atoms with Crippen molar-refractivity contribution >= 4 is 23.2 Å². The molecule has 0 saturated carbocycles. The maximum Gasteiger partial charge on any atom is 0.0624 e. The van der Waals surface area contributed by atoms with Crippen molar-refractivity contribution in [2.24, 2.45) is 17.4 Å². The van der Waals surface area contributed by atoms with Crippen molar-refractivity contribution in [2.75, 3.05) is 13.1 Å². The third-order valence-electron chi connectivity index (χ3n) is 2.21. The molecule has 0 unspecified atom stereocenters. The van der Waals surface area contributed by atoms with Crippen LogP contribution in [-0.4, -0.2) is 13.1 Å². The summed E-state index contributed by atoms with van der Waals surface area (Å²) in [5.41, 5.74) is 12.1. The zero-order valence-electron chi connectivity index (χ0n) is 7.84. The highest BCUT2D eigenvalue weighted by Gasteiger charge is 2.09. The fraction of sp³-hybridized carbons (Fsp3) is 0.400. The Balaban J connectivity index is 2.80. The number of hydrogen-bond donors (Lipinski definition) is 2. The van der Waals surface area contributed by atoms with Crippen LogP contribution in [0.5, 0.6) is 0 Å². The Morgan fingerprint density at radius 2 is 1.79 bits per heavy atom. The topological polar surface area (TPSA) is 52.0 Å². The molecule has 0 aliphatic carbocycles. The molecule has 0 aliphatic heterocycles. The molecule has 0 radical (unpaired) electrons. The van der Waals surface area contributed by atoms with Gasteiger partial charge in [0.15, 0.2) is 0 Å². The second-order valence-corrected chi connectivity index (χ2v) is 4.04. The van der Waals surface area contributed by atoms with Crippen LogP contribution in [0.3, 0.4) is 0 Å². The average molecular weight is 233 g/mol. The van der Waals surface area contributed by atoms with Crippen molar-refractivity contribution in [1.82, 2.24) is 0 Å². The molecule has 0 saturated heterocycles. The van der Waals surface area contributed by atoms with Gasteiger partial charge >= 0.3 is 0 Å². The SMILES string of the molecule is NCC(CN)Cc1cccc(Cl)c1Cl. The first kappa shape index (κ1) is 11.8. The van der Waals surface area contributed by atoms with E-state index in [0.29, 0.717) is 23.1 Å². The molecule has 4 heteroatoms. The zero-order chi connectivity index (χ0) is 10.6. The monoisotopic (exact) mass is 232 g/mol. The van der Waals surface area contributed by atoms with Gasteiger partial charge in [-0.25, -0.2) is 0 Å². The fourth-order valence-corrected chi connectivity index (χ4v) is 1.68. The summed E-state index contributed by atoms with van der Waals surface area (Å²) >= 11 is 11.9. The van der Waals surface area contributed by atoms with Gasteiger partial charge in [-0.05, 0) is 37.1 Å². The summed E-state index contributed by atoms with van der Waals surface area (Å²) in [6.45, 7) is 1.14. The van der Waals surface area contributed by atoms with Crippen LogP contribution in [0.2, 0.25) is 10.0 Å². The average Bonchev–Trinajstić information content (AvgIpc) is 2.20. The Bertz CT molecular complexity index is 298. The highest BCUT2D eigenvalue weighted by Crippen LogP contribution is 2.26. The molecule has 0 heterocycles. The van der Waals surface area contributed by atoms with Crippen LogP contribution in [-0.2, 0) is 6.42 Å². The van der Waals surface area contributed by atoms with Crippen molar-refractivity contribution in [2.45, 2.75) is 6.42 Å². The molecule has 14 heavy (non-hydrogen) atoms. The summed E-state index contributed by atoms with van der Waals surface area (Å²) in [5.74, 6) is 0.269. The highest BCUT2D eigenvalue weighted by atomic mass is 35.5. The quantitative estimate of drug-likeness (QED) is 0.836. The first-order valence-corrected chi connectivity index (χ1v) is 5.27. The highest BCUT2D eigenvalue weighted by molar-refractivity contribution is 6.42. The van der Waals surface area contributed by atoms with Crippen LogP contribution < -0.4 is 11.5 Å². The smallest absolute Gasteiger partial charge is 0.0624 e. The van der Waals surface area contributed by atoms with Gasteiger partial charge in [0.25, 0.3) is 0 Å². The van der Waals surface area contributed by atoms with E-state index in [1.807, 2.05) is 12.1 Å². The number of benzene rings is 1. The molecule has 0 spiro atoms. The van der Waals surface area contributed by atoms with Crippen LogP contribution in [0.15, 0.2) is 18.2 Å². The summed E-state index contributed by atoms with van der Waals surface area (Å²) in [5, 5.41) is 1.19.